The molecule has 2 amide bonds. The van der Waals surface area contributed by atoms with Gasteiger partial charge in [0.1, 0.15) is 5.58 Å². The Balaban J connectivity index is 1.55. The maximum Gasteiger partial charge on any atom is 0.287 e. The molecule has 0 saturated carbocycles. The highest BCUT2D eigenvalue weighted by Crippen LogP contribution is 2.33. The molecule has 2 heterocycles. The Labute approximate surface area is 175 Å². The normalized spacial score (nSPS) is 10.9. The molecule has 0 spiro atoms. The summed E-state index contributed by atoms with van der Waals surface area (Å²) in [5, 5.41) is 5.86. The molecule has 2 aromatic carbocycles. The number of thioether (sulfide) groups is 1. The third-order valence-corrected chi connectivity index (χ3v) is 6.58. The third-order valence-electron chi connectivity index (χ3n) is 4.42. The van der Waals surface area contributed by atoms with E-state index in [1.165, 1.54) is 4.21 Å². The molecule has 0 saturated heterocycles. The van der Waals surface area contributed by atoms with Crippen molar-refractivity contribution in [1.29, 1.82) is 0 Å². The summed E-state index contributed by atoms with van der Waals surface area (Å²) < 4.78 is 7.07. The van der Waals surface area contributed by atoms with Gasteiger partial charge >= 0.3 is 0 Å². The molecule has 0 atom stereocenters. The summed E-state index contributed by atoms with van der Waals surface area (Å²) in [7, 11) is 0. The van der Waals surface area contributed by atoms with Gasteiger partial charge in [0, 0.05) is 28.8 Å². The van der Waals surface area contributed by atoms with Gasteiger partial charge in [0.2, 0.25) is 5.91 Å². The minimum atomic E-state index is -0.497. The lowest BCUT2D eigenvalue weighted by atomic mass is 10.1. The Kier molecular flexibility index (Phi) is 5.69. The van der Waals surface area contributed by atoms with Crippen molar-refractivity contribution in [3.05, 3.63) is 88.5 Å². The molecule has 29 heavy (non-hydrogen) atoms. The fraction of sp³-hybridized carbons (Fsp3) is 0.0909. The number of benzene rings is 2. The molecule has 0 aliphatic heterocycles. The topological polar surface area (TPSA) is 85.3 Å². The number of thiophene rings is 1. The molecular weight excluding hydrogens is 404 g/mol. The van der Waals surface area contributed by atoms with E-state index in [0.717, 1.165) is 16.5 Å². The lowest BCUT2D eigenvalue weighted by Gasteiger charge is -2.06. The summed E-state index contributed by atoms with van der Waals surface area (Å²) in [4.78, 5) is 24.2. The Morgan fingerprint density at radius 3 is 2.72 bits per heavy atom. The van der Waals surface area contributed by atoms with Crippen LogP contribution in [0.4, 0.5) is 0 Å². The molecule has 0 fully saturated rings. The van der Waals surface area contributed by atoms with Gasteiger partial charge in [-0.2, -0.15) is 0 Å². The minimum Gasteiger partial charge on any atom is -0.451 e. The molecule has 5 nitrogen and oxygen atoms in total. The number of amides is 2. The quantitative estimate of drug-likeness (QED) is 0.418. The Hall–Kier alpha value is -3.03. The molecule has 0 bridgehead atoms. The minimum absolute atomic E-state index is 0.272. The molecule has 4 rings (SSSR count). The van der Waals surface area contributed by atoms with E-state index in [4.69, 9.17) is 10.2 Å². The van der Waals surface area contributed by atoms with E-state index in [-0.39, 0.29) is 12.5 Å². The Morgan fingerprint density at radius 2 is 1.93 bits per heavy atom. The molecular formula is C22H18N2O3S2. The first-order valence-corrected chi connectivity index (χ1v) is 10.8. The maximum absolute atomic E-state index is 12.9. The number of nitrogens with two attached hydrogens (primary N) is 1. The van der Waals surface area contributed by atoms with Crippen LogP contribution in [0.15, 0.2) is 74.7 Å². The van der Waals surface area contributed by atoms with Gasteiger partial charge in [-0.05, 0) is 35.2 Å². The van der Waals surface area contributed by atoms with Crippen LogP contribution in [0.25, 0.3) is 11.0 Å². The summed E-state index contributed by atoms with van der Waals surface area (Å²) in [6.07, 6.45) is 0. The second-order valence-electron chi connectivity index (χ2n) is 6.37. The van der Waals surface area contributed by atoms with Crippen molar-refractivity contribution < 1.29 is 14.0 Å². The fourth-order valence-electron chi connectivity index (χ4n) is 3.01. The first kappa shape index (κ1) is 19.3. The predicted molar refractivity (Wildman–Crippen MR) is 116 cm³/mol. The Bertz CT molecular complexity index is 1170. The van der Waals surface area contributed by atoms with E-state index in [1.807, 2.05) is 41.8 Å². The molecule has 0 unspecified atom stereocenters. The highest BCUT2D eigenvalue weighted by atomic mass is 32.2. The van der Waals surface area contributed by atoms with Crippen LogP contribution in [0.5, 0.6) is 0 Å². The van der Waals surface area contributed by atoms with Crippen molar-refractivity contribution in [2.24, 2.45) is 5.73 Å². The third kappa shape index (κ3) is 4.36. The van der Waals surface area contributed by atoms with Gasteiger partial charge in [-0.25, -0.2) is 0 Å². The molecule has 2 aromatic heterocycles. The Morgan fingerprint density at radius 1 is 1.07 bits per heavy atom. The summed E-state index contributed by atoms with van der Waals surface area (Å²) in [6.45, 7) is 0.272. The van der Waals surface area contributed by atoms with Crippen molar-refractivity contribution in [2.75, 3.05) is 0 Å². The molecule has 0 aliphatic rings. The second kappa shape index (κ2) is 8.55. The van der Waals surface area contributed by atoms with Crippen molar-refractivity contribution in [3.63, 3.8) is 0 Å². The number of carbonyl (C=O) groups excluding carboxylic acids is 2. The van der Waals surface area contributed by atoms with Gasteiger partial charge in [0.05, 0.1) is 4.21 Å². The number of primary amides is 1. The van der Waals surface area contributed by atoms with Crippen LogP contribution in [0, 0.1) is 0 Å². The average Bonchev–Trinajstić information content (AvgIpc) is 3.38. The van der Waals surface area contributed by atoms with Crippen LogP contribution in [0.2, 0.25) is 0 Å². The maximum atomic E-state index is 12.9. The summed E-state index contributed by atoms with van der Waals surface area (Å²) in [6, 6.07) is 18.6. The summed E-state index contributed by atoms with van der Waals surface area (Å²) >= 11 is 3.35. The SMILES string of the molecule is NC(=O)c1cccc(CNC(=O)c2oc3ccccc3c2CSc2cccs2)c1. The highest BCUT2D eigenvalue weighted by molar-refractivity contribution is 8.00. The predicted octanol–water partition coefficient (Wildman–Crippen LogP) is 4.82. The van der Waals surface area contributed by atoms with E-state index in [2.05, 4.69) is 11.4 Å². The zero-order valence-electron chi connectivity index (χ0n) is 15.4. The summed E-state index contributed by atoms with van der Waals surface area (Å²) in [5.41, 5.74) is 8.09. The molecule has 7 heteroatoms. The number of carbonyl (C=O) groups is 2. The van der Waals surface area contributed by atoms with Crippen molar-refractivity contribution in [3.8, 4) is 0 Å². The first-order valence-electron chi connectivity index (χ1n) is 8.95. The van der Waals surface area contributed by atoms with Gasteiger partial charge in [-0.15, -0.1) is 23.1 Å². The monoisotopic (exact) mass is 422 g/mol. The van der Waals surface area contributed by atoms with Crippen LogP contribution < -0.4 is 11.1 Å². The number of nitrogens with one attached hydrogen (secondary N) is 1. The highest BCUT2D eigenvalue weighted by Gasteiger charge is 2.20. The zero-order valence-corrected chi connectivity index (χ0v) is 17.0. The van der Waals surface area contributed by atoms with Gasteiger partial charge in [0.15, 0.2) is 5.76 Å². The van der Waals surface area contributed by atoms with Crippen LogP contribution in [0.3, 0.4) is 0 Å². The van der Waals surface area contributed by atoms with Crippen LogP contribution in [-0.2, 0) is 12.3 Å². The van der Waals surface area contributed by atoms with Crippen molar-refractivity contribution in [1.82, 2.24) is 5.32 Å². The van der Waals surface area contributed by atoms with E-state index in [9.17, 15) is 9.59 Å². The second-order valence-corrected chi connectivity index (χ2v) is 8.60. The number of furan rings is 1. The first-order chi connectivity index (χ1) is 14.1. The number of hydrogen-bond donors (Lipinski definition) is 2. The van der Waals surface area contributed by atoms with Crippen molar-refractivity contribution >= 4 is 45.9 Å². The van der Waals surface area contributed by atoms with E-state index < -0.39 is 5.91 Å². The van der Waals surface area contributed by atoms with E-state index >= 15 is 0 Å². The van der Waals surface area contributed by atoms with Gasteiger partial charge < -0.3 is 15.5 Å². The lowest BCUT2D eigenvalue weighted by molar-refractivity contribution is 0.0924. The molecule has 4 aromatic rings. The van der Waals surface area contributed by atoms with Crippen LogP contribution in [-0.4, -0.2) is 11.8 Å². The largest absolute Gasteiger partial charge is 0.451 e. The molecule has 0 radical (unpaired) electrons. The van der Waals surface area contributed by atoms with Gasteiger partial charge in [0.25, 0.3) is 5.91 Å². The average molecular weight is 423 g/mol. The smallest absolute Gasteiger partial charge is 0.287 e. The standard InChI is InChI=1S/C22H18N2O3S2/c23-21(25)15-6-3-5-14(11-15)12-24-22(26)20-17(13-29-19-9-4-10-28-19)16-7-1-2-8-18(16)27-20/h1-11H,12-13H2,(H2,23,25)(H,24,26). The lowest BCUT2D eigenvalue weighted by Crippen LogP contribution is -2.23. The van der Waals surface area contributed by atoms with E-state index in [1.54, 1.807) is 41.3 Å². The number of hydrogen-bond acceptors (Lipinski definition) is 5. The molecule has 146 valence electrons. The molecule has 0 aliphatic carbocycles. The van der Waals surface area contributed by atoms with E-state index in [0.29, 0.717) is 22.7 Å². The zero-order chi connectivity index (χ0) is 20.2. The number of rotatable bonds is 7. The van der Waals surface area contributed by atoms with Gasteiger partial charge in [-0.3, -0.25) is 9.59 Å². The van der Waals surface area contributed by atoms with Crippen LogP contribution in [0.1, 0.15) is 32.0 Å². The number of para-hydroxylation sites is 1. The molecule has 3 N–H and O–H groups in total. The summed E-state index contributed by atoms with van der Waals surface area (Å²) in [5.74, 6) is 0.175. The number of fused-ring (bicyclic) bond motifs is 1. The van der Waals surface area contributed by atoms with Crippen LogP contribution >= 0.6 is 23.1 Å². The fourth-order valence-corrected chi connectivity index (χ4v) is 4.82. The van der Waals surface area contributed by atoms with Gasteiger partial charge in [-0.1, -0.05) is 36.4 Å². The van der Waals surface area contributed by atoms with Crippen molar-refractivity contribution in [2.45, 2.75) is 16.5 Å².